The first kappa shape index (κ1) is 16.1. The van der Waals surface area contributed by atoms with Gasteiger partial charge in [0.05, 0.1) is 17.6 Å². The van der Waals surface area contributed by atoms with E-state index in [1.54, 1.807) is 25.3 Å². The van der Waals surface area contributed by atoms with Crippen molar-refractivity contribution in [1.29, 1.82) is 0 Å². The number of rotatable bonds is 5. The Balaban J connectivity index is 1.96. The van der Waals surface area contributed by atoms with Crippen LogP contribution in [0.4, 0.5) is 5.69 Å². The van der Waals surface area contributed by atoms with Crippen LogP contribution in [0.3, 0.4) is 0 Å². The van der Waals surface area contributed by atoms with Crippen LogP contribution in [0, 0.1) is 0 Å². The second-order valence-electron chi connectivity index (χ2n) is 5.04. The largest absolute Gasteiger partial charge is 0.462 e. The van der Waals surface area contributed by atoms with Crippen LogP contribution >= 0.6 is 11.6 Å². The number of hydrogen-bond donors (Lipinski definition) is 2. The summed E-state index contributed by atoms with van der Waals surface area (Å²) in [5.74, 6) is -0.00439. The van der Waals surface area contributed by atoms with Gasteiger partial charge in [0.2, 0.25) is 0 Å². The molecule has 0 aliphatic carbocycles. The van der Waals surface area contributed by atoms with Crippen LogP contribution in [-0.2, 0) is 9.53 Å². The number of para-hydroxylation sites is 2. The van der Waals surface area contributed by atoms with Crippen LogP contribution < -0.4 is 5.32 Å². The summed E-state index contributed by atoms with van der Waals surface area (Å²) in [6.45, 7) is 2.05. The molecule has 122 valence electrons. The van der Waals surface area contributed by atoms with E-state index in [0.29, 0.717) is 16.4 Å². The number of benzene rings is 2. The Morgan fingerprint density at radius 3 is 2.88 bits per heavy atom. The number of anilines is 1. The summed E-state index contributed by atoms with van der Waals surface area (Å²) in [6, 6.07) is 14.8. The number of imidazole rings is 1. The fraction of sp³-hybridized carbons (Fsp3) is 0.111. The van der Waals surface area contributed by atoms with Crippen molar-refractivity contribution in [2.45, 2.75) is 6.92 Å². The molecule has 6 heteroatoms. The van der Waals surface area contributed by atoms with Gasteiger partial charge in [-0.25, -0.2) is 9.78 Å². The number of ether oxygens (including phenoxy) is 1. The van der Waals surface area contributed by atoms with Crippen LogP contribution in [-0.4, -0.2) is 22.5 Å². The molecule has 0 spiro atoms. The average molecular weight is 342 g/mol. The average Bonchev–Trinajstić information content (AvgIpc) is 2.99. The number of halogens is 1. The summed E-state index contributed by atoms with van der Waals surface area (Å²) in [4.78, 5) is 19.9. The minimum Gasteiger partial charge on any atom is -0.462 e. The second kappa shape index (κ2) is 7.19. The van der Waals surface area contributed by atoms with E-state index >= 15 is 0 Å². The molecule has 0 aliphatic heterocycles. The molecular formula is C18H16ClN3O2. The zero-order valence-electron chi connectivity index (χ0n) is 13.0. The van der Waals surface area contributed by atoms with Gasteiger partial charge in [0, 0.05) is 16.9 Å². The summed E-state index contributed by atoms with van der Waals surface area (Å²) in [7, 11) is 0. The van der Waals surface area contributed by atoms with Gasteiger partial charge < -0.3 is 15.0 Å². The number of aromatic amines is 1. The summed E-state index contributed by atoms with van der Waals surface area (Å²) >= 11 is 5.97. The minimum absolute atomic E-state index is 0.285. The van der Waals surface area contributed by atoms with Gasteiger partial charge in [-0.1, -0.05) is 29.8 Å². The van der Waals surface area contributed by atoms with Crippen LogP contribution in [0.25, 0.3) is 16.6 Å². The Kier molecular flexibility index (Phi) is 4.82. The molecule has 24 heavy (non-hydrogen) atoms. The smallest absolute Gasteiger partial charge is 0.343 e. The first-order chi connectivity index (χ1) is 11.7. The van der Waals surface area contributed by atoms with Crippen molar-refractivity contribution in [2.24, 2.45) is 0 Å². The van der Waals surface area contributed by atoms with Gasteiger partial charge in [-0.2, -0.15) is 0 Å². The lowest BCUT2D eigenvalue weighted by Crippen LogP contribution is -2.09. The van der Waals surface area contributed by atoms with Gasteiger partial charge in [0.15, 0.2) is 0 Å². The van der Waals surface area contributed by atoms with E-state index in [0.717, 1.165) is 16.7 Å². The fourth-order valence-corrected chi connectivity index (χ4v) is 2.44. The molecule has 3 rings (SSSR count). The van der Waals surface area contributed by atoms with Crippen molar-refractivity contribution in [1.82, 2.24) is 9.97 Å². The maximum atomic E-state index is 12.3. The molecule has 0 fully saturated rings. The number of H-pyrrole nitrogens is 1. The zero-order valence-corrected chi connectivity index (χ0v) is 13.8. The van der Waals surface area contributed by atoms with E-state index in [-0.39, 0.29) is 6.61 Å². The first-order valence-electron chi connectivity index (χ1n) is 7.52. The molecule has 0 radical (unpaired) electrons. The monoisotopic (exact) mass is 341 g/mol. The number of carbonyl (C=O) groups excluding carboxylic acids is 1. The number of fused-ring (bicyclic) bond motifs is 1. The molecule has 0 aliphatic rings. The van der Waals surface area contributed by atoms with Crippen molar-refractivity contribution in [3.63, 3.8) is 0 Å². The molecule has 5 nitrogen and oxygen atoms in total. The van der Waals surface area contributed by atoms with Crippen LogP contribution in [0.2, 0.25) is 5.02 Å². The van der Waals surface area contributed by atoms with E-state index in [1.165, 1.54) is 0 Å². The van der Waals surface area contributed by atoms with Crippen molar-refractivity contribution in [3.8, 4) is 0 Å². The van der Waals surface area contributed by atoms with Crippen molar-refractivity contribution < 1.29 is 9.53 Å². The lowest BCUT2D eigenvalue weighted by atomic mass is 10.2. The third-order valence-corrected chi connectivity index (χ3v) is 3.58. The van der Waals surface area contributed by atoms with Gasteiger partial charge in [-0.3, -0.25) is 0 Å². The highest BCUT2D eigenvalue weighted by molar-refractivity contribution is 6.30. The van der Waals surface area contributed by atoms with E-state index in [9.17, 15) is 4.79 Å². The van der Waals surface area contributed by atoms with Gasteiger partial charge in [0.1, 0.15) is 11.4 Å². The topological polar surface area (TPSA) is 67.0 Å². The highest BCUT2D eigenvalue weighted by atomic mass is 35.5. The molecule has 2 N–H and O–H groups in total. The molecule has 0 bridgehead atoms. The first-order valence-corrected chi connectivity index (χ1v) is 7.89. The van der Waals surface area contributed by atoms with Crippen LogP contribution in [0.5, 0.6) is 0 Å². The SMILES string of the molecule is CCOC(=O)/C(=C\Nc1cccc(Cl)c1)c1nc2ccccc2[nH]1. The maximum Gasteiger partial charge on any atom is 0.343 e. The van der Waals surface area contributed by atoms with E-state index in [4.69, 9.17) is 16.3 Å². The lowest BCUT2D eigenvalue weighted by molar-refractivity contribution is -0.136. The third-order valence-electron chi connectivity index (χ3n) is 3.35. The van der Waals surface area contributed by atoms with Gasteiger partial charge in [0.25, 0.3) is 0 Å². The quantitative estimate of drug-likeness (QED) is 0.538. The maximum absolute atomic E-state index is 12.3. The van der Waals surface area contributed by atoms with Gasteiger partial charge in [-0.05, 0) is 37.3 Å². The van der Waals surface area contributed by atoms with Crippen LogP contribution in [0.1, 0.15) is 12.7 Å². The molecular weight excluding hydrogens is 326 g/mol. The third kappa shape index (κ3) is 3.58. The number of aromatic nitrogens is 2. The van der Waals surface area contributed by atoms with E-state index in [2.05, 4.69) is 15.3 Å². The number of hydrogen-bond acceptors (Lipinski definition) is 4. The molecule has 1 heterocycles. The van der Waals surface area contributed by atoms with Gasteiger partial charge in [-0.15, -0.1) is 0 Å². The molecule has 0 atom stereocenters. The highest BCUT2D eigenvalue weighted by Crippen LogP contribution is 2.20. The lowest BCUT2D eigenvalue weighted by Gasteiger charge is -2.06. The molecule has 3 aromatic rings. The standard InChI is InChI=1S/C18H16ClN3O2/c1-2-24-18(23)14(11-20-13-7-5-6-12(19)10-13)17-21-15-8-3-4-9-16(15)22-17/h3-11,20H,2H2,1H3,(H,21,22)/b14-11-. The normalized spacial score (nSPS) is 11.5. The Morgan fingerprint density at radius 2 is 2.12 bits per heavy atom. The van der Waals surface area contributed by atoms with Crippen LogP contribution in [0.15, 0.2) is 54.7 Å². The molecule has 0 amide bonds. The minimum atomic E-state index is -0.453. The van der Waals surface area contributed by atoms with E-state index < -0.39 is 5.97 Å². The number of carbonyl (C=O) groups is 1. The number of esters is 1. The molecule has 0 unspecified atom stereocenters. The van der Waals surface area contributed by atoms with Crippen molar-refractivity contribution in [3.05, 3.63) is 65.6 Å². The van der Waals surface area contributed by atoms with Crippen molar-refractivity contribution >= 4 is 39.9 Å². The Labute approximate surface area is 144 Å². The highest BCUT2D eigenvalue weighted by Gasteiger charge is 2.17. The second-order valence-corrected chi connectivity index (χ2v) is 5.47. The van der Waals surface area contributed by atoms with Gasteiger partial charge >= 0.3 is 5.97 Å². The number of nitrogens with one attached hydrogen (secondary N) is 2. The summed E-state index contributed by atoms with van der Waals surface area (Å²) < 4.78 is 5.13. The fourth-order valence-electron chi connectivity index (χ4n) is 2.25. The number of nitrogens with zero attached hydrogens (tertiary/aromatic N) is 1. The Morgan fingerprint density at radius 1 is 1.29 bits per heavy atom. The zero-order chi connectivity index (χ0) is 16.9. The predicted octanol–water partition coefficient (Wildman–Crippen LogP) is 4.23. The summed E-state index contributed by atoms with van der Waals surface area (Å²) in [5, 5.41) is 3.67. The van der Waals surface area contributed by atoms with E-state index in [1.807, 2.05) is 36.4 Å². The Bertz CT molecular complexity index is 869. The molecule has 2 aromatic carbocycles. The van der Waals surface area contributed by atoms with Crippen molar-refractivity contribution in [2.75, 3.05) is 11.9 Å². The predicted molar refractivity (Wildman–Crippen MR) is 95.8 cm³/mol. The molecule has 1 aromatic heterocycles. The molecule has 0 saturated heterocycles. The Hall–Kier alpha value is -2.79. The summed E-state index contributed by atoms with van der Waals surface area (Å²) in [5.41, 5.74) is 2.71. The summed E-state index contributed by atoms with van der Waals surface area (Å²) in [6.07, 6.45) is 1.57. The molecule has 0 saturated carbocycles.